The van der Waals surface area contributed by atoms with Crippen molar-refractivity contribution in [2.24, 2.45) is 0 Å². The number of ether oxygens (including phenoxy) is 2. The van der Waals surface area contributed by atoms with Crippen LogP contribution in [0.25, 0.3) is 11.0 Å². The smallest absolute Gasteiger partial charge is 0.207 e. The predicted octanol–water partition coefficient (Wildman–Crippen LogP) is 4.15. The monoisotopic (exact) mass is 398 g/mol. The van der Waals surface area contributed by atoms with E-state index in [0.29, 0.717) is 24.4 Å². The maximum atomic E-state index is 14.5. The molecule has 1 saturated heterocycles. The van der Waals surface area contributed by atoms with Gasteiger partial charge in [0.1, 0.15) is 0 Å². The van der Waals surface area contributed by atoms with Crippen molar-refractivity contribution in [3.8, 4) is 0 Å². The summed E-state index contributed by atoms with van der Waals surface area (Å²) in [7, 11) is 0. The van der Waals surface area contributed by atoms with Gasteiger partial charge in [-0.15, -0.1) is 0 Å². The van der Waals surface area contributed by atoms with Crippen molar-refractivity contribution in [3.05, 3.63) is 23.3 Å². The number of carbonyl (C=O) groups is 1. The molecule has 0 radical (unpaired) electrons. The van der Waals surface area contributed by atoms with E-state index in [0.717, 1.165) is 25.7 Å². The highest BCUT2D eigenvalue weighted by atomic mass is 32.2. The number of hydrogen-bond acceptors (Lipinski definition) is 7. The Morgan fingerprint density at radius 3 is 2.70 bits per heavy atom. The van der Waals surface area contributed by atoms with Gasteiger partial charge in [-0.05, 0) is 18.9 Å². The lowest BCUT2D eigenvalue weighted by atomic mass is 9.94. The first-order chi connectivity index (χ1) is 13.0. The Labute approximate surface area is 158 Å². The fourth-order valence-electron chi connectivity index (χ4n) is 3.64. The van der Waals surface area contributed by atoms with Crippen molar-refractivity contribution in [2.75, 3.05) is 18.5 Å². The molecule has 1 aliphatic heterocycles. The Balaban J connectivity index is 1.66. The summed E-state index contributed by atoms with van der Waals surface area (Å²) in [4.78, 5) is 11.5. The van der Waals surface area contributed by atoms with Crippen LogP contribution in [0.4, 0.5) is 14.6 Å². The third-order valence-electron chi connectivity index (χ3n) is 4.89. The zero-order chi connectivity index (χ0) is 19.0. The number of nitrogens with one attached hydrogen (secondary N) is 1. The average Bonchev–Trinajstić information content (AvgIpc) is 3.29. The third-order valence-corrected chi connectivity index (χ3v) is 6.09. The molecule has 1 N–H and O–H groups in total. The normalized spacial score (nSPS) is 23.8. The number of anilines is 1. The molecule has 1 aliphatic carbocycles. The van der Waals surface area contributed by atoms with E-state index in [1.165, 1.54) is 17.8 Å². The van der Waals surface area contributed by atoms with Gasteiger partial charge in [0, 0.05) is 23.8 Å². The maximum Gasteiger partial charge on any atom is 0.207 e. The Morgan fingerprint density at radius 1 is 1.22 bits per heavy atom. The van der Waals surface area contributed by atoms with Gasteiger partial charge in [0.15, 0.2) is 23.0 Å². The number of halogens is 2. The largest absolute Gasteiger partial charge is 0.363 e. The molecule has 1 aromatic carbocycles. The van der Waals surface area contributed by atoms with Gasteiger partial charge in [0.2, 0.25) is 11.4 Å². The van der Waals surface area contributed by atoms with Gasteiger partial charge in [-0.3, -0.25) is 4.79 Å². The van der Waals surface area contributed by atoms with Crippen molar-refractivity contribution in [2.45, 2.75) is 50.2 Å². The molecular formula is C18H20F2N2O4S. The first-order valence-corrected chi connectivity index (χ1v) is 9.87. The average molecular weight is 398 g/mol. The first-order valence-electron chi connectivity index (χ1n) is 8.99. The minimum atomic E-state index is -1.11. The Hall–Kier alpha value is -1.71. The molecule has 2 atom stereocenters. The molecule has 4 rings (SSSR count). The number of benzene rings is 1. The molecule has 0 spiro atoms. The SMILES string of the molecule is CC(=O)SC1CCCCC1Nc1noc2c(F)c(F)c(C3OCCO3)cc12. The molecular weight excluding hydrogens is 378 g/mol. The summed E-state index contributed by atoms with van der Waals surface area (Å²) in [6.07, 6.45) is 2.92. The first kappa shape index (κ1) is 18.6. The van der Waals surface area contributed by atoms with Crippen LogP contribution < -0.4 is 5.32 Å². The van der Waals surface area contributed by atoms with E-state index >= 15 is 0 Å². The van der Waals surface area contributed by atoms with Gasteiger partial charge in [0.25, 0.3) is 0 Å². The molecule has 9 heteroatoms. The second kappa shape index (κ2) is 7.73. The molecule has 2 aliphatic rings. The van der Waals surface area contributed by atoms with Crippen molar-refractivity contribution in [1.29, 1.82) is 0 Å². The van der Waals surface area contributed by atoms with Crippen molar-refractivity contribution in [1.82, 2.24) is 5.16 Å². The second-order valence-electron chi connectivity index (χ2n) is 6.76. The van der Waals surface area contributed by atoms with Gasteiger partial charge in [-0.1, -0.05) is 29.8 Å². The van der Waals surface area contributed by atoms with E-state index < -0.39 is 17.9 Å². The Bertz CT molecular complexity index is 853. The fourth-order valence-corrected chi connectivity index (χ4v) is 4.72. The van der Waals surface area contributed by atoms with Crippen LogP contribution >= 0.6 is 11.8 Å². The Kier molecular flexibility index (Phi) is 5.34. The van der Waals surface area contributed by atoms with Gasteiger partial charge < -0.3 is 19.3 Å². The Morgan fingerprint density at radius 2 is 1.96 bits per heavy atom. The summed E-state index contributed by atoms with van der Waals surface area (Å²) in [5.74, 6) is -1.83. The van der Waals surface area contributed by atoms with Crippen molar-refractivity contribution in [3.63, 3.8) is 0 Å². The van der Waals surface area contributed by atoms with E-state index in [9.17, 15) is 13.6 Å². The molecule has 0 bridgehead atoms. The van der Waals surface area contributed by atoms with Gasteiger partial charge >= 0.3 is 0 Å². The van der Waals surface area contributed by atoms with Crippen LogP contribution in [0.3, 0.4) is 0 Å². The van der Waals surface area contributed by atoms with Gasteiger partial charge in [-0.25, -0.2) is 4.39 Å². The van der Waals surface area contributed by atoms with Crippen LogP contribution in [0.1, 0.15) is 44.5 Å². The summed E-state index contributed by atoms with van der Waals surface area (Å²) in [6, 6.07) is 1.45. The molecule has 2 heterocycles. The summed E-state index contributed by atoms with van der Waals surface area (Å²) in [5.41, 5.74) is -0.259. The number of aromatic nitrogens is 1. The molecule has 1 saturated carbocycles. The predicted molar refractivity (Wildman–Crippen MR) is 96.5 cm³/mol. The van der Waals surface area contributed by atoms with Crippen molar-refractivity contribution < 1.29 is 27.6 Å². The van der Waals surface area contributed by atoms with E-state index in [1.807, 2.05) is 0 Å². The number of rotatable bonds is 4. The molecule has 2 unspecified atom stereocenters. The van der Waals surface area contributed by atoms with Crippen LogP contribution in [0.15, 0.2) is 10.6 Å². The highest BCUT2D eigenvalue weighted by Crippen LogP contribution is 2.37. The molecule has 27 heavy (non-hydrogen) atoms. The van der Waals surface area contributed by atoms with E-state index in [-0.39, 0.29) is 27.6 Å². The molecule has 146 valence electrons. The van der Waals surface area contributed by atoms with Crippen LogP contribution in [0.2, 0.25) is 0 Å². The standard InChI is InChI=1S/C18H20F2N2O4S/c1-9(23)27-13-5-3-2-4-12(13)21-17-11-8-10(18-24-6-7-25-18)14(19)15(20)16(11)26-22-17/h8,12-13,18H,2-7H2,1H3,(H,21,22). The van der Waals surface area contributed by atoms with E-state index in [2.05, 4.69) is 10.5 Å². The lowest BCUT2D eigenvalue weighted by Gasteiger charge is -2.30. The number of fused-ring (bicyclic) bond motifs is 1. The zero-order valence-corrected chi connectivity index (χ0v) is 15.6. The minimum Gasteiger partial charge on any atom is -0.363 e. The molecule has 2 aromatic rings. The highest BCUT2D eigenvalue weighted by molar-refractivity contribution is 8.14. The lowest BCUT2D eigenvalue weighted by Crippen LogP contribution is -2.35. The topological polar surface area (TPSA) is 73.6 Å². The minimum absolute atomic E-state index is 0.00325. The van der Waals surface area contributed by atoms with Crippen LogP contribution in [0, 0.1) is 11.6 Å². The summed E-state index contributed by atoms with van der Waals surface area (Å²) in [6.45, 7) is 2.20. The zero-order valence-electron chi connectivity index (χ0n) is 14.8. The summed E-state index contributed by atoms with van der Waals surface area (Å²) >= 11 is 1.31. The number of carbonyl (C=O) groups excluding carboxylic acids is 1. The quantitative estimate of drug-likeness (QED) is 0.829. The summed E-state index contributed by atoms with van der Waals surface area (Å²) in [5, 5.41) is 7.68. The molecule has 6 nitrogen and oxygen atoms in total. The second-order valence-corrected chi connectivity index (χ2v) is 8.17. The number of hydrogen-bond donors (Lipinski definition) is 1. The van der Waals surface area contributed by atoms with Crippen LogP contribution in [-0.2, 0) is 14.3 Å². The molecule has 1 aromatic heterocycles. The van der Waals surface area contributed by atoms with Gasteiger partial charge in [0.05, 0.1) is 18.6 Å². The fraction of sp³-hybridized carbons (Fsp3) is 0.556. The summed E-state index contributed by atoms with van der Waals surface area (Å²) < 4.78 is 44.5. The third kappa shape index (κ3) is 3.68. The number of nitrogens with zero attached hydrogens (tertiary/aromatic N) is 1. The van der Waals surface area contributed by atoms with Crippen LogP contribution in [-0.4, -0.2) is 34.8 Å². The van der Waals surface area contributed by atoms with E-state index in [1.54, 1.807) is 6.92 Å². The van der Waals surface area contributed by atoms with Crippen molar-refractivity contribution >= 4 is 33.7 Å². The van der Waals surface area contributed by atoms with Gasteiger partial charge in [-0.2, -0.15) is 4.39 Å². The lowest BCUT2D eigenvalue weighted by molar-refractivity contribution is -0.109. The van der Waals surface area contributed by atoms with E-state index in [4.69, 9.17) is 14.0 Å². The molecule has 0 amide bonds. The molecule has 2 fully saturated rings. The maximum absolute atomic E-state index is 14.5. The van der Waals surface area contributed by atoms with Crippen LogP contribution in [0.5, 0.6) is 0 Å². The highest BCUT2D eigenvalue weighted by Gasteiger charge is 2.31. The number of thioether (sulfide) groups is 1.